The second kappa shape index (κ2) is 9.15. The molecule has 0 saturated carbocycles. The molecule has 1 heterocycles. The first-order valence-electron chi connectivity index (χ1n) is 8.87. The van der Waals surface area contributed by atoms with E-state index in [2.05, 4.69) is 10.6 Å². The van der Waals surface area contributed by atoms with Crippen molar-refractivity contribution in [1.29, 1.82) is 0 Å². The van der Waals surface area contributed by atoms with E-state index in [0.29, 0.717) is 21.5 Å². The van der Waals surface area contributed by atoms with E-state index in [9.17, 15) is 14.4 Å². The molecule has 29 heavy (non-hydrogen) atoms. The van der Waals surface area contributed by atoms with Crippen LogP contribution in [0.3, 0.4) is 0 Å². The molecule has 1 saturated heterocycles. The lowest BCUT2D eigenvalue weighted by molar-refractivity contribution is -0.128. The van der Waals surface area contributed by atoms with E-state index in [1.165, 1.54) is 0 Å². The highest BCUT2D eigenvalue weighted by molar-refractivity contribution is 6.42. The summed E-state index contributed by atoms with van der Waals surface area (Å²) < 4.78 is 5.10. The molecule has 1 fully saturated rings. The Hall–Kier alpha value is -2.77. The van der Waals surface area contributed by atoms with Gasteiger partial charge < -0.3 is 15.4 Å². The monoisotopic (exact) mass is 435 g/mol. The predicted molar refractivity (Wildman–Crippen MR) is 110 cm³/mol. The highest BCUT2D eigenvalue weighted by Gasteiger charge is 2.37. The molecular formula is C20H19Cl2N3O4. The minimum Gasteiger partial charge on any atom is -0.497 e. The molecule has 4 amide bonds. The molecule has 0 aromatic heterocycles. The van der Waals surface area contributed by atoms with Gasteiger partial charge in [-0.05, 0) is 42.3 Å². The summed E-state index contributed by atoms with van der Waals surface area (Å²) in [5.74, 6) is 0.0454. The quantitative estimate of drug-likeness (QED) is 0.646. The van der Waals surface area contributed by atoms with Gasteiger partial charge in [0, 0.05) is 12.1 Å². The van der Waals surface area contributed by atoms with Crippen molar-refractivity contribution in [2.45, 2.75) is 25.4 Å². The van der Waals surface area contributed by atoms with Gasteiger partial charge in [0.2, 0.25) is 5.91 Å². The Morgan fingerprint density at radius 1 is 1.14 bits per heavy atom. The predicted octanol–water partition coefficient (Wildman–Crippen LogP) is 3.84. The number of urea groups is 1. The number of methoxy groups -OCH3 is 1. The van der Waals surface area contributed by atoms with Crippen LogP contribution >= 0.6 is 23.2 Å². The number of nitrogens with zero attached hydrogens (tertiary/aromatic N) is 1. The van der Waals surface area contributed by atoms with Crippen LogP contribution in [0.1, 0.15) is 18.4 Å². The van der Waals surface area contributed by atoms with E-state index < -0.39 is 12.1 Å². The number of imide groups is 1. The Bertz CT molecular complexity index is 934. The summed E-state index contributed by atoms with van der Waals surface area (Å²) in [5, 5.41) is 6.04. The van der Waals surface area contributed by atoms with Crippen LogP contribution in [0.4, 0.5) is 10.5 Å². The van der Waals surface area contributed by atoms with Gasteiger partial charge in [-0.2, -0.15) is 0 Å². The molecule has 0 unspecified atom stereocenters. The summed E-state index contributed by atoms with van der Waals surface area (Å²) >= 11 is 11.8. The van der Waals surface area contributed by atoms with E-state index in [-0.39, 0.29) is 31.2 Å². The van der Waals surface area contributed by atoms with Crippen molar-refractivity contribution < 1.29 is 19.1 Å². The molecular weight excluding hydrogens is 417 g/mol. The van der Waals surface area contributed by atoms with Gasteiger partial charge in [-0.1, -0.05) is 35.3 Å². The standard InChI is InChI=1S/C20H19Cl2N3O4/c1-29-14-5-2-12(3-6-14)11-25-19(27)17(24-20(25)28)8-9-18(26)23-13-4-7-15(21)16(22)10-13/h2-7,10,17H,8-9,11H2,1H3,(H,23,26)(H,24,28)/t17-/m0/s1. The molecule has 0 bridgehead atoms. The van der Waals surface area contributed by atoms with Gasteiger partial charge in [0.25, 0.3) is 5.91 Å². The molecule has 3 rings (SSSR count). The number of halogens is 2. The summed E-state index contributed by atoms with van der Waals surface area (Å²) in [5.41, 5.74) is 1.31. The molecule has 9 heteroatoms. The maximum Gasteiger partial charge on any atom is 0.325 e. The fourth-order valence-electron chi connectivity index (χ4n) is 2.91. The molecule has 7 nitrogen and oxygen atoms in total. The summed E-state index contributed by atoms with van der Waals surface area (Å²) in [6.07, 6.45) is 0.254. The first-order chi connectivity index (χ1) is 13.9. The lowest BCUT2D eigenvalue weighted by Gasteiger charge is -2.13. The fraction of sp³-hybridized carbons (Fsp3) is 0.250. The molecule has 2 aromatic rings. The van der Waals surface area contributed by atoms with Crippen molar-refractivity contribution in [3.8, 4) is 5.75 Å². The summed E-state index contributed by atoms with van der Waals surface area (Å²) in [6.45, 7) is 0.153. The third-order valence-electron chi connectivity index (χ3n) is 4.47. The number of carbonyl (C=O) groups excluding carboxylic acids is 3. The van der Waals surface area contributed by atoms with Crippen molar-refractivity contribution in [3.05, 3.63) is 58.1 Å². The molecule has 1 aliphatic heterocycles. The van der Waals surface area contributed by atoms with E-state index in [0.717, 1.165) is 10.5 Å². The largest absolute Gasteiger partial charge is 0.497 e. The van der Waals surface area contributed by atoms with Gasteiger partial charge in [-0.15, -0.1) is 0 Å². The van der Waals surface area contributed by atoms with Gasteiger partial charge in [-0.25, -0.2) is 4.79 Å². The summed E-state index contributed by atoms with van der Waals surface area (Å²) in [7, 11) is 1.56. The minimum absolute atomic E-state index is 0.0628. The van der Waals surface area contributed by atoms with E-state index >= 15 is 0 Å². The van der Waals surface area contributed by atoms with Crippen LogP contribution in [0, 0.1) is 0 Å². The second-order valence-electron chi connectivity index (χ2n) is 6.49. The maximum atomic E-state index is 12.6. The number of carbonyl (C=O) groups is 3. The lowest BCUT2D eigenvalue weighted by atomic mass is 10.1. The van der Waals surface area contributed by atoms with Gasteiger partial charge in [-0.3, -0.25) is 14.5 Å². The first-order valence-corrected chi connectivity index (χ1v) is 9.62. The van der Waals surface area contributed by atoms with Crippen molar-refractivity contribution in [1.82, 2.24) is 10.2 Å². The molecule has 0 radical (unpaired) electrons. The van der Waals surface area contributed by atoms with Gasteiger partial charge in [0.15, 0.2) is 0 Å². The van der Waals surface area contributed by atoms with Crippen molar-refractivity contribution in [2.24, 2.45) is 0 Å². The number of amides is 4. The van der Waals surface area contributed by atoms with Crippen LogP contribution in [0.15, 0.2) is 42.5 Å². The van der Waals surface area contributed by atoms with Gasteiger partial charge >= 0.3 is 6.03 Å². The maximum absolute atomic E-state index is 12.6. The zero-order valence-corrected chi connectivity index (χ0v) is 17.1. The number of hydrogen-bond donors (Lipinski definition) is 2. The van der Waals surface area contributed by atoms with Crippen LogP contribution in [0.25, 0.3) is 0 Å². The molecule has 0 spiro atoms. The molecule has 1 atom stereocenters. The first kappa shape index (κ1) is 21.0. The van der Waals surface area contributed by atoms with Gasteiger partial charge in [0.1, 0.15) is 11.8 Å². The number of hydrogen-bond acceptors (Lipinski definition) is 4. The Kier molecular flexibility index (Phi) is 6.61. The number of anilines is 1. The fourth-order valence-corrected chi connectivity index (χ4v) is 3.21. The minimum atomic E-state index is -0.736. The number of rotatable bonds is 7. The molecule has 2 aromatic carbocycles. The third kappa shape index (κ3) is 5.19. The average Bonchev–Trinajstić information content (AvgIpc) is 2.97. The second-order valence-corrected chi connectivity index (χ2v) is 7.30. The van der Waals surface area contributed by atoms with Crippen LogP contribution in [0.2, 0.25) is 10.0 Å². The third-order valence-corrected chi connectivity index (χ3v) is 5.21. The molecule has 152 valence electrons. The smallest absolute Gasteiger partial charge is 0.325 e. The number of ether oxygens (including phenoxy) is 1. The highest BCUT2D eigenvalue weighted by atomic mass is 35.5. The van der Waals surface area contributed by atoms with Crippen molar-refractivity contribution in [3.63, 3.8) is 0 Å². The Balaban J connectivity index is 1.53. The van der Waals surface area contributed by atoms with E-state index in [1.54, 1.807) is 49.6 Å². The molecule has 0 aliphatic carbocycles. The van der Waals surface area contributed by atoms with Gasteiger partial charge in [0.05, 0.1) is 23.7 Å². The Morgan fingerprint density at radius 2 is 1.86 bits per heavy atom. The van der Waals surface area contributed by atoms with Crippen LogP contribution in [-0.4, -0.2) is 35.9 Å². The lowest BCUT2D eigenvalue weighted by Crippen LogP contribution is -2.31. The Labute approximate surface area is 177 Å². The van der Waals surface area contributed by atoms with Crippen LogP contribution < -0.4 is 15.4 Å². The van der Waals surface area contributed by atoms with E-state index in [4.69, 9.17) is 27.9 Å². The van der Waals surface area contributed by atoms with Crippen molar-refractivity contribution >= 4 is 46.7 Å². The summed E-state index contributed by atoms with van der Waals surface area (Å²) in [6, 6.07) is 10.6. The molecule has 1 aliphatic rings. The highest BCUT2D eigenvalue weighted by Crippen LogP contribution is 2.25. The van der Waals surface area contributed by atoms with Crippen molar-refractivity contribution in [2.75, 3.05) is 12.4 Å². The van der Waals surface area contributed by atoms with E-state index in [1.807, 2.05) is 0 Å². The Morgan fingerprint density at radius 3 is 2.52 bits per heavy atom. The topological polar surface area (TPSA) is 87.7 Å². The zero-order chi connectivity index (χ0) is 21.0. The number of nitrogens with one attached hydrogen (secondary N) is 2. The zero-order valence-electron chi connectivity index (χ0n) is 15.6. The normalized spacial score (nSPS) is 16.0. The molecule has 2 N–H and O–H groups in total. The van der Waals surface area contributed by atoms with Crippen LogP contribution in [-0.2, 0) is 16.1 Å². The SMILES string of the molecule is COc1ccc(CN2C(=O)N[C@@H](CCC(=O)Nc3ccc(Cl)c(Cl)c3)C2=O)cc1. The number of benzene rings is 2. The summed E-state index contributed by atoms with van der Waals surface area (Å²) in [4.78, 5) is 38.0. The van der Waals surface area contributed by atoms with Crippen LogP contribution in [0.5, 0.6) is 5.75 Å². The average molecular weight is 436 g/mol.